The Morgan fingerprint density at radius 1 is 1.14 bits per heavy atom. The summed E-state index contributed by atoms with van der Waals surface area (Å²) in [5.41, 5.74) is 9.05. The molecular formula is C17H21ClN2O. The molecule has 0 spiro atoms. The molecule has 0 radical (unpaired) electrons. The third-order valence-corrected chi connectivity index (χ3v) is 3.78. The van der Waals surface area contributed by atoms with Gasteiger partial charge >= 0.3 is 0 Å². The summed E-state index contributed by atoms with van der Waals surface area (Å²) in [4.78, 5) is 2.09. The fourth-order valence-corrected chi connectivity index (χ4v) is 2.67. The first-order chi connectivity index (χ1) is 10.0. The average molecular weight is 305 g/mol. The van der Waals surface area contributed by atoms with E-state index >= 15 is 0 Å². The summed E-state index contributed by atoms with van der Waals surface area (Å²) in [6, 6.07) is 13.9. The van der Waals surface area contributed by atoms with Gasteiger partial charge in [0, 0.05) is 23.8 Å². The molecule has 0 saturated carbocycles. The highest BCUT2D eigenvalue weighted by molar-refractivity contribution is 6.31. The van der Waals surface area contributed by atoms with E-state index in [0.717, 1.165) is 34.1 Å². The van der Waals surface area contributed by atoms with Gasteiger partial charge in [-0.15, -0.1) is 0 Å². The van der Waals surface area contributed by atoms with Crippen LogP contribution in [0.3, 0.4) is 0 Å². The SMILES string of the molecule is COc1ccccc1N(C)c1cccc(Cl)c1CC(C)N. The molecule has 3 nitrogen and oxygen atoms in total. The Kier molecular flexibility index (Phi) is 5.10. The summed E-state index contributed by atoms with van der Waals surface area (Å²) in [6.07, 6.45) is 0.731. The maximum atomic E-state index is 6.37. The lowest BCUT2D eigenvalue weighted by Crippen LogP contribution is -2.21. The predicted molar refractivity (Wildman–Crippen MR) is 89.9 cm³/mol. The van der Waals surface area contributed by atoms with Crippen LogP contribution in [0.2, 0.25) is 5.02 Å². The minimum Gasteiger partial charge on any atom is -0.495 e. The van der Waals surface area contributed by atoms with Crippen LogP contribution < -0.4 is 15.4 Å². The molecule has 0 aliphatic heterocycles. The molecule has 0 aliphatic carbocycles. The normalized spacial score (nSPS) is 12.0. The van der Waals surface area contributed by atoms with Crippen molar-refractivity contribution in [1.82, 2.24) is 0 Å². The van der Waals surface area contributed by atoms with Crippen molar-refractivity contribution >= 4 is 23.0 Å². The van der Waals surface area contributed by atoms with Crippen LogP contribution >= 0.6 is 11.6 Å². The van der Waals surface area contributed by atoms with Gasteiger partial charge in [0.1, 0.15) is 5.75 Å². The molecular weight excluding hydrogens is 284 g/mol. The Bertz CT molecular complexity index is 613. The molecule has 21 heavy (non-hydrogen) atoms. The first-order valence-corrected chi connectivity index (χ1v) is 7.32. The highest BCUT2D eigenvalue weighted by Crippen LogP contribution is 2.36. The van der Waals surface area contributed by atoms with Crippen molar-refractivity contribution in [2.24, 2.45) is 5.73 Å². The standard InChI is InChI=1S/C17H21ClN2O/c1-12(19)11-13-14(18)7-6-9-15(13)20(2)16-8-4-5-10-17(16)21-3/h4-10,12H,11,19H2,1-3H3. The molecule has 0 bridgehead atoms. The summed E-state index contributed by atoms with van der Waals surface area (Å²) in [7, 11) is 3.68. The van der Waals surface area contributed by atoms with Crippen molar-refractivity contribution < 1.29 is 4.74 Å². The molecule has 1 unspecified atom stereocenters. The second-order valence-electron chi connectivity index (χ2n) is 5.15. The molecule has 0 fully saturated rings. The van der Waals surface area contributed by atoms with Crippen molar-refractivity contribution in [2.75, 3.05) is 19.1 Å². The Labute approximate surface area is 131 Å². The first-order valence-electron chi connectivity index (χ1n) is 6.94. The topological polar surface area (TPSA) is 38.5 Å². The number of hydrogen-bond acceptors (Lipinski definition) is 3. The molecule has 0 heterocycles. The van der Waals surface area contributed by atoms with E-state index in [-0.39, 0.29) is 6.04 Å². The van der Waals surface area contributed by atoms with Gasteiger partial charge in [0.15, 0.2) is 0 Å². The lowest BCUT2D eigenvalue weighted by molar-refractivity contribution is 0.415. The minimum atomic E-state index is 0.0507. The van der Waals surface area contributed by atoms with Crippen LogP contribution in [0, 0.1) is 0 Å². The maximum Gasteiger partial charge on any atom is 0.142 e. The van der Waals surface area contributed by atoms with Crippen LogP contribution in [-0.2, 0) is 6.42 Å². The lowest BCUT2D eigenvalue weighted by atomic mass is 10.0. The number of nitrogens with zero attached hydrogens (tertiary/aromatic N) is 1. The van der Waals surface area contributed by atoms with E-state index in [1.807, 2.05) is 50.4 Å². The number of halogens is 1. The number of nitrogens with two attached hydrogens (primary N) is 1. The van der Waals surface area contributed by atoms with Crippen LogP contribution in [0.4, 0.5) is 11.4 Å². The predicted octanol–water partition coefficient (Wildman–Crippen LogP) is 4.01. The van der Waals surface area contributed by atoms with Gasteiger partial charge in [0.2, 0.25) is 0 Å². The third kappa shape index (κ3) is 3.49. The Morgan fingerprint density at radius 2 is 1.81 bits per heavy atom. The number of anilines is 2. The Balaban J connectivity index is 2.48. The third-order valence-electron chi connectivity index (χ3n) is 3.43. The number of ether oxygens (including phenoxy) is 1. The zero-order valence-electron chi connectivity index (χ0n) is 12.6. The van der Waals surface area contributed by atoms with Crippen molar-refractivity contribution in [2.45, 2.75) is 19.4 Å². The highest BCUT2D eigenvalue weighted by atomic mass is 35.5. The fourth-order valence-electron chi connectivity index (χ4n) is 2.42. The second kappa shape index (κ2) is 6.83. The van der Waals surface area contributed by atoms with E-state index in [0.29, 0.717) is 0 Å². The quantitative estimate of drug-likeness (QED) is 0.907. The van der Waals surface area contributed by atoms with Crippen molar-refractivity contribution in [3.8, 4) is 5.75 Å². The van der Waals surface area contributed by atoms with Crippen molar-refractivity contribution in [3.05, 3.63) is 53.1 Å². The van der Waals surface area contributed by atoms with E-state index < -0.39 is 0 Å². The monoisotopic (exact) mass is 304 g/mol. The molecule has 0 aromatic heterocycles. The molecule has 112 valence electrons. The van der Waals surface area contributed by atoms with E-state index in [1.54, 1.807) is 7.11 Å². The molecule has 1 atom stereocenters. The van der Waals surface area contributed by atoms with Gasteiger partial charge in [-0.1, -0.05) is 29.8 Å². The number of rotatable bonds is 5. The Hall–Kier alpha value is -1.71. The van der Waals surface area contributed by atoms with E-state index in [4.69, 9.17) is 22.1 Å². The van der Waals surface area contributed by atoms with Gasteiger partial charge in [-0.25, -0.2) is 0 Å². The Morgan fingerprint density at radius 3 is 2.48 bits per heavy atom. The molecule has 0 saturated heterocycles. The van der Waals surface area contributed by atoms with Crippen LogP contribution in [0.5, 0.6) is 5.75 Å². The van der Waals surface area contributed by atoms with Gasteiger partial charge in [0.05, 0.1) is 12.8 Å². The van der Waals surface area contributed by atoms with Crippen LogP contribution in [0.15, 0.2) is 42.5 Å². The molecule has 2 rings (SSSR count). The molecule has 2 aromatic rings. The molecule has 2 N–H and O–H groups in total. The second-order valence-corrected chi connectivity index (χ2v) is 5.56. The number of hydrogen-bond donors (Lipinski definition) is 1. The largest absolute Gasteiger partial charge is 0.495 e. The van der Waals surface area contributed by atoms with Gasteiger partial charge < -0.3 is 15.4 Å². The summed E-state index contributed by atoms with van der Waals surface area (Å²) in [6.45, 7) is 1.98. The zero-order valence-corrected chi connectivity index (χ0v) is 13.4. The molecule has 2 aromatic carbocycles. The number of methoxy groups -OCH3 is 1. The van der Waals surface area contributed by atoms with Crippen LogP contribution in [0.25, 0.3) is 0 Å². The van der Waals surface area contributed by atoms with Gasteiger partial charge in [-0.05, 0) is 43.2 Å². The summed E-state index contributed by atoms with van der Waals surface area (Å²) >= 11 is 6.37. The van der Waals surface area contributed by atoms with Gasteiger partial charge in [-0.2, -0.15) is 0 Å². The minimum absolute atomic E-state index is 0.0507. The summed E-state index contributed by atoms with van der Waals surface area (Å²) < 4.78 is 5.44. The fraction of sp³-hybridized carbons (Fsp3) is 0.294. The zero-order chi connectivity index (χ0) is 15.4. The highest BCUT2D eigenvalue weighted by Gasteiger charge is 2.16. The maximum absolute atomic E-state index is 6.37. The van der Waals surface area contributed by atoms with E-state index in [1.165, 1.54) is 0 Å². The van der Waals surface area contributed by atoms with Gasteiger partial charge in [-0.3, -0.25) is 0 Å². The number of para-hydroxylation sites is 2. The van der Waals surface area contributed by atoms with Crippen molar-refractivity contribution in [1.29, 1.82) is 0 Å². The smallest absolute Gasteiger partial charge is 0.142 e. The van der Waals surface area contributed by atoms with Crippen LogP contribution in [-0.4, -0.2) is 20.2 Å². The summed E-state index contributed by atoms with van der Waals surface area (Å²) in [5.74, 6) is 0.826. The van der Waals surface area contributed by atoms with Crippen molar-refractivity contribution in [3.63, 3.8) is 0 Å². The molecule has 0 aliphatic rings. The van der Waals surface area contributed by atoms with E-state index in [2.05, 4.69) is 11.0 Å². The molecule has 0 amide bonds. The van der Waals surface area contributed by atoms with E-state index in [9.17, 15) is 0 Å². The first kappa shape index (κ1) is 15.7. The average Bonchev–Trinajstić information content (AvgIpc) is 2.48. The van der Waals surface area contributed by atoms with Crippen LogP contribution in [0.1, 0.15) is 12.5 Å². The lowest BCUT2D eigenvalue weighted by Gasteiger charge is -2.25. The number of benzene rings is 2. The summed E-state index contributed by atoms with van der Waals surface area (Å²) in [5, 5.41) is 0.742. The van der Waals surface area contributed by atoms with Gasteiger partial charge in [0.25, 0.3) is 0 Å². The molecule has 4 heteroatoms.